The van der Waals surface area contributed by atoms with Gasteiger partial charge in [-0.1, -0.05) is 28.9 Å². The van der Waals surface area contributed by atoms with Crippen LogP contribution in [0.1, 0.15) is 10.5 Å². The third-order valence-electron chi connectivity index (χ3n) is 5.32. The highest BCUT2D eigenvalue weighted by Gasteiger charge is 2.26. The lowest BCUT2D eigenvalue weighted by Gasteiger charge is -2.35. The summed E-state index contributed by atoms with van der Waals surface area (Å²) in [5.41, 5.74) is 0.329. The summed E-state index contributed by atoms with van der Waals surface area (Å²) >= 11 is 5.91. The van der Waals surface area contributed by atoms with Gasteiger partial charge in [0.1, 0.15) is 12.4 Å². The minimum absolute atomic E-state index is 0.124. The fourth-order valence-corrected chi connectivity index (χ4v) is 3.81. The molecule has 1 aromatic carbocycles. The van der Waals surface area contributed by atoms with E-state index in [1.54, 1.807) is 22.0 Å². The van der Waals surface area contributed by atoms with Crippen LogP contribution in [-0.2, 0) is 6.54 Å². The maximum atomic E-state index is 12.9. The molecule has 1 amide bonds. The third kappa shape index (κ3) is 4.27. The van der Waals surface area contributed by atoms with Crippen molar-refractivity contribution in [3.8, 4) is 11.5 Å². The summed E-state index contributed by atoms with van der Waals surface area (Å²) < 4.78 is 13.3. The molecule has 31 heavy (non-hydrogen) atoms. The molecule has 1 atom stereocenters. The zero-order valence-electron chi connectivity index (χ0n) is 16.7. The van der Waals surface area contributed by atoms with Crippen LogP contribution < -0.4 is 14.4 Å². The molecule has 4 heterocycles. The molecular formula is C21H21ClN6O3. The molecule has 2 aliphatic heterocycles. The van der Waals surface area contributed by atoms with Crippen LogP contribution in [0.3, 0.4) is 0 Å². The first-order valence-corrected chi connectivity index (χ1v) is 10.5. The maximum Gasteiger partial charge on any atom is 0.276 e. The number of halogens is 1. The number of aromatic nitrogens is 4. The van der Waals surface area contributed by atoms with Crippen molar-refractivity contribution >= 4 is 23.3 Å². The molecule has 1 saturated heterocycles. The number of benzene rings is 1. The molecule has 160 valence electrons. The Morgan fingerprint density at radius 3 is 2.68 bits per heavy atom. The molecule has 0 spiro atoms. The van der Waals surface area contributed by atoms with Crippen LogP contribution >= 0.6 is 11.6 Å². The topological polar surface area (TPSA) is 85.6 Å². The van der Waals surface area contributed by atoms with Gasteiger partial charge in [0, 0.05) is 32.4 Å². The maximum absolute atomic E-state index is 12.9. The Kier molecular flexibility index (Phi) is 5.33. The summed E-state index contributed by atoms with van der Waals surface area (Å²) in [4.78, 5) is 21.1. The van der Waals surface area contributed by atoms with Gasteiger partial charge in [-0.15, -0.1) is 5.10 Å². The van der Waals surface area contributed by atoms with Crippen molar-refractivity contribution < 1.29 is 14.3 Å². The van der Waals surface area contributed by atoms with Gasteiger partial charge in [0.05, 0.1) is 17.8 Å². The summed E-state index contributed by atoms with van der Waals surface area (Å²) in [7, 11) is 0. The quantitative estimate of drug-likeness (QED) is 0.614. The van der Waals surface area contributed by atoms with Gasteiger partial charge >= 0.3 is 0 Å². The van der Waals surface area contributed by atoms with Crippen LogP contribution in [0, 0.1) is 0 Å². The Hall–Kier alpha value is -3.33. The fourth-order valence-electron chi connectivity index (χ4n) is 3.70. The van der Waals surface area contributed by atoms with Crippen LogP contribution in [0.5, 0.6) is 11.5 Å². The fraction of sp³-hybridized carbons (Fsp3) is 0.333. The molecule has 0 saturated carbocycles. The Balaban J connectivity index is 1.17. The zero-order valence-corrected chi connectivity index (χ0v) is 17.5. The molecule has 0 N–H and O–H groups in total. The Morgan fingerprint density at radius 2 is 1.90 bits per heavy atom. The van der Waals surface area contributed by atoms with E-state index in [2.05, 4.69) is 20.2 Å². The largest absolute Gasteiger partial charge is 0.486 e. The smallest absolute Gasteiger partial charge is 0.276 e. The van der Waals surface area contributed by atoms with Gasteiger partial charge in [0.25, 0.3) is 5.91 Å². The van der Waals surface area contributed by atoms with Crippen molar-refractivity contribution in [2.24, 2.45) is 0 Å². The molecule has 1 fully saturated rings. The highest BCUT2D eigenvalue weighted by atomic mass is 35.5. The minimum Gasteiger partial charge on any atom is -0.486 e. The first kappa shape index (κ1) is 19.6. The highest BCUT2D eigenvalue weighted by molar-refractivity contribution is 6.30. The summed E-state index contributed by atoms with van der Waals surface area (Å²) in [6.45, 7) is 3.44. The average molecular weight is 441 g/mol. The summed E-state index contributed by atoms with van der Waals surface area (Å²) in [5.74, 6) is 2.18. The van der Waals surface area contributed by atoms with E-state index in [9.17, 15) is 4.79 Å². The normalized spacial score (nSPS) is 18.2. The van der Waals surface area contributed by atoms with Gasteiger partial charge < -0.3 is 19.3 Å². The number of hydrogen-bond acceptors (Lipinski definition) is 7. The molecule has 5 rings (SSSR count). The van der Waals surface area contributed by atoms with Gasteiger partial charge in [-0.05, 0) is 24.3 Å². The summed E-state index contributed by atoms with van der Waals surface area (Å²) in [6, 6.07) is 11.3. The van der Waals surface area contributed by atoms with Crippen molar-refractivity contribution in [2.75, 3.05) is 37.7 Å². The summed E-state index contributed by atoms with van der Waals surface area (Å²) in [6.07, 6.45) is 3.10. The second-order valence-electron chi connectivity index (χ2n) is 7.44. The first-order valence-electron chi connectivity index (χ1n) is 10.1. The number of carbonyl (C=O) groups is 1. The summed E-state index contributed by atoms with van der Waals surface area (Å²) in [5, 5.41) is 8.78. The average Bonchev–Trinajstić information content (AvgIpc) is 3.27. The number of ether oxygens (including phenoxy) is 2. The molecule has 2 aromatic heterocycles. The Labute approximate surface area is 184 Å². The SMILES string of the molecule is O=C(c1cn(CC2COc3ccccc3O2)nn1)N1CCN(c2ccc(Cl)cn2)CC1. The number of carbonyl (C=O) groups excluding carboxylic acids is 1. The van der Waals surface area contributed by atoms with E-state index < -0.39 is 0 Å². The van der Waals surface area contributed by atoms with Gasteiger partial charge in [-0.25, -0.2) is 9.67 Å². The van der Waals surface area contributed by atoms with E-state index >= 15 is 0 Å². The van der Waals surface area contributed by atoms with E-state index in [4.69, 9.17) is 21.1 Å². The number of piperazine rings is 1. The van der Waals surface area contributed by atoms with E-state index in [0.717, 1.165) is 11.6 Å². The highest BCUT2D eigenvalue weighted by Crippen LogP contribution is 2.31. The molecule has 3 aromatic rings. The molecule has 0 radical (unpaired) electrons. The van der Waals surface area contributed by atoms with Crippen molar-refractivity contribution in [3.05, 3.63) is 59.5 Å². The number of para-hydroxylation sites is 2. The standard InChI is InChI=1S/C21H21ClN6O3/c22-15-5-6-20(23-11-15)26-7-9-27(10-8-26)21(29)17-13-28(25-24-17)12-16-14-30-18-3-1-2-4-19(18)31-16/h1-6,11,13,16H,7-10,12,14H2. The van der Waals surface area contributed by atoms with Gasteiger partial charge in [0.15, 0.2) is 23.3 Å². The van der Waals surface area contributed by atoms with Gasteiger partial charge in [-0.2, -0.15) is 0 Å². The third-order valence-corrected chi connectivity index (χ3v) is 5.54. The van der Waals surface area contributed by atoms with Gasteiger partial charge in [-0.3, -0.25) is 4.79 Å². The molecule has 0 bridgehead atoms. The number of fused-ring (bicyclic) bond motifs is 1. The lowest BCUT2D eigenvalue weighted by Crippen LogP contribution is -2.49. The molecule has 0 aliphatic carbocycles. The second kappa shape index (κ2) is 8.43. The number of nitrogens with zero attached hydrogens (tertiary/aromatic N) is 6. The lowest BCUT2D eigenvalue weighted by atomic mass is 10.2. The zero-order chi connectivity index (χ0) is 21.2. The van der Waals surface area contributed by atoms with E-state index in [-0.39, 0.29) is 12.0 Å². The molecule has 1 unspecified atom stereocenters. The second-order valence-corrected chi connectivity index (χ2v) is 7.87. The van der Waals surface area contributed by atoms with E-state index in [0.29, 0.717) is 55.8 Å². The van der Waals surface area contributed by atoms with Crippen molar-refractivity contribution in [3.63, 3.8) is 0 Å². The van der Waals surface area contributed by atoms with Crippen LogP contribution in [0.25, 0.3) is 0 Å². The molecule has 2 aliphatic rings. The van der Waals surface area contributed by atoms with Crippen LogP contribution in [0.4, 0.5) is 5.82 Å². The number of amides is 1. The van der Waals surface area contributed by atoms with Gasteiger partial charge in [0.2, 0.25) is 0 Å². The predicted molar refractivity (Wildman–Crippen MR) is 114 cm³/mol. The number of rotatable bonds is 4. The monoisotopic (exact) mass is 440 g/mol. The number of pyridine rings is 1. The van der Waals surface area contributed by atoms with E-state index in [1.807, 2.05) is 36.4 Å². The van der Waals surface area contributed by atoms with Crippen LogP contribution in [0.2, 0.25) is 5.02 Å². The van der Waals surface area contributed by atoms with Crippen molar-refractivity contribution in [1.82, 2.24) is 24.9 Å². The predicted octanol–water partition coefficient (Wildman–Crippen LogP) is 2.13. The number of hydrogen-bond donors (Lipinski definition) is 0. The minimum atomic E-state index is -0.199. The van der Waals surface area contributed by atoms with Crippen molar-refractivity contribution in [2.45, 2.75) is 12.6 Å². The van der Waals surface area contributed by atoms with Crippen molar-refractivity contribution in [1.29, 1.82) is 0 Å². The van der Waals surface area contributed by atoms with E-state index in [1.165, 1.54) is 0 Å². The first-order chi connectivity index (χ1) is 15.2. The van der Waals surface area contributed by atoms with Crippen LogP contribution in [-0.4, -0.2) is 69.7 Å². The molecule has 10 heteroatoms. The van der Waals surface area contributed by atoms with Crippen LogP contribution in [0.15, 0.2) is 48.8 Å². The Morgan fingerprint density at radius 1 is 1.10 bits per heavy atom. The molecule has 9 nitrogen and oxygen atoms in total. The lowest BCUT2D eigenvalue weighted by molar-refractivity contribution is 0.0737. The number of anilines is 1. The Bertz CT molecular complexity index is 1060. The molecular weight excluding hydrogens is 420 g/mol.